The maximum absolute atomic E-state index is 11.8. The third-order valence-corrected chi connectivity index (χ3v) is 5.12. The lowest BCUT2D eigenvalue weighted by molar-refractivity contribution is -0.137. The molecule has 1 unspecified atom stereocenters. The van der Waals surface area contributed by atoms with E-state index in [1.165, 1.54) is 11.4 Å². The fourth-order valence-electron chi connectivity index (χ4n) is 1.17. The van der Waals surface area contributed by atoms with Crippen molar-refractivity contribution in [3.05, 3.63) is 0 Å². The lowest BCUT2D eigenvalue weighted by Gasteiger charge is -2.23. The smallest absolute Gasteiger partial charge is 0.303 e. The van der Waals surface area contributed by atoms with E-state index in [0.29, 0.717) is 0 Å². The van der Waals surface area contributed by atoms with Gasteiger partial charge in [-0.3, -0.25) is 4.79 Å². The van der Waals surface area contributed by atoms with Crippen LogP contribution in [0.1, 0.15) is 19.8 Å². The molecule has 0 fully saturated rings. The van der Waals surface area contributed by atoms with E-state index in [9.17, 15) is 13.2 Å². The quantitative estimate of drug-likeness (QED) is 0.707. The van der Waals surface area contributed by atoms with Gasteiger partial charge in [-0.25, -0.2) is 12.7 Å². The fraction of sp³-hybridized carbons (Fsp3) is 0.889. The highest BCUT2D eigenvalue weighted by Crippen LogP contribution is 2.10. The standard InChI is InChI=1S/C9H19NO4S2/c1-8(7-15-3)10(2)16(13,14)6-4-5-9(11)12/h8H,4-7H2,1-3H3,(H,11,12). The Balaban J connectivity index is 4.25. The van der Waals surface area contributed by atoms with Crippen LogP contribution in [-0.4, -0.2) is 54.6 Å². The summed E-state index contributed by atoms with van der Waals surface area (Å²) in [5, 5.41) is 8.43. The monoisotopic (exact) mass is 269 g/mol. The fourth-order valence-corrected chi connectivity index (χ4v) is 3.39. The first-order valence-corrected chi connectivity index (χ1v) is 7.98. The first-order chi connectivity index (χ1) is 7.31. The van der Waals surface area contributed by atoms with Crippen molar-refractivity contribution < 1.29 is 18.3 Å². The van der Waals surface area contributed by atoms with E-state index >= 15 is 0 Å². The molecule has 0 amide bonds. The van der Waals surface area contributed by atoms with Gasteiger partial charge in [0.1, 0.15) is 0 Å². The van der Waals surface area contributed by atoms with Crippen molar-refractivity contribution in [1.82, 2.24) is 4.31 Å². The molecule has 7 heteroatoms. The first kappa shape index (κ1) is 15.7. The van der Waals surface area contributed by atoms with Crippen LogP contribution in [0.3, 0.4) is 0 Å². The molecule has 0 bridgehead atoms. The molecule has 0 aromatic carbocycles. The largest absolute Gasteiger partial charge is 0.481 e. The Labute approximate surface area is 101 Å². The molecular weight excluding hydrogens is 250 g/mol. The van der Waals surface area contributed by atoms with E-state index in [2.05, 4.69) is 0 Å². The third kappa shape index (κ3) is 5.72. The Morgan fingerprint density at radius 2 is 2.06 bits per heavy atom. The van der Waals surface area contributed by atoms with Gasteiger partial charge in [0, 0.05) is 25.3 Å². The number of hydrogen-bond acceptors (Lipinski definition) is 4. The Morgan fingerprint density at radius 1 is 1.50 bits per heavy atom. The molecular formula is C9H19NO4S2. The van der Waals surface area contributed by atoms with Crippen LogP contribution in [0.2, 0.25) is 0 Å². The van der Waals surface area contributed by atoms with Crippen LogP contribution in [0.4, 0.5) is 0 Å². The lowest BCUT2D eigenvalue weighted by Crippen LogP contribution is -2.38. The number of rotatable bonds is 8. The number of carboxylic acids is 1. The summed E-state index contributed by atoms with van der Waals surface area (Å²) in [5.41, 5.74) is 0. The SMILES string of the molecule is CSCC(C)N(C)S(=O)(=O)CCCC(=O)O. The average Bonchev–Trinajstić information content (AvgIpc) is 2.16. The van der Waals surface area contributed by atoms with Crippen molar-refractivity contribution in [1.29, 1.82) is 0 Å². The van der Waals surface area contributed by atoms with Gasteiger partial charge in [-0.2, -0.15) is 11.8 Å². The minimum atomic E-state index is -3.32. The minimum absolute atomic E-state index is 0.0650. The number of aliphatic carboxylic acids is 1. The summed E-state index contributed by atoms with van der Waals surface area (Å²) in [4.78, 5) is 10.3. The Kier molecular flexibility index (Phi) is 7.01. The molecule has 0 saturated carbocycles. The van der Waals surface area contributed by atoms with Gasteiger partial charge >= 0.3 is 5.97 Å². The minimum Gasteiger partial charge on any atom is -0.481 e. The molecule has 0 rings (SSSR count). The van der Waals surface area contributed by atoms with E-state index in [-0.39, 0.29) is 24.6 Å². The molecule has 96 valence electrons. The van der Waals surface area contributed by atoms with E-state index in [1.807, 2.05) is 13.2 Å². The van der Waals surface area contributed by atoms with Crippen LogP contribution in [0.25, 0.3) is 0 Å². The van der Waals surface area contributed by atoms with Crippen LogP contribution in [0.15, 0.2) is 0 Å². The van der Waals surface area contributed by atoms with Crippen molar-refractivity contribution in [3.8, 4) is 0 Å². The van der Waals surface area contributed by atoms with Gasteiger partial charge in [-0.05, 0) is 19.6 Å². The summed E-state index contributed by atoms with van der Waals surface area (Å²) in [6.07, 6.45) is 1.97. The second-order valence-corrected chi connectivity index (χ2v) is 6.69. The van der Waals surface area contributed by atoms with Gasteiger partial charge in [-0.15, -0.1) is 0 Å². The van der Waals surface area contributed by atoms with Gasteiger partial charge in [0.2, 0.25) is 10.0 Å². The lowest BCUT2D eigenvalue weighted by atomic mass is 10.3. The number of carboxylic acid groups (broad SMARTS) is 1. The maximum Gasteiger partial charge on any atom is 0.303 e. The molecule has 1 atom stereocenters. The zero-order valence-electron chi connectivity index (χ0n) is 9.84. The van der Waals surface area contributed by atoms with Crippen LogP contribution in [0.5, 0.6) is 0 Å². The molecule has 0 saturated heterocycles. The summed E-state index contributed by atoms with van der Waals surface area (Å²) in [5.74, 6) is -0.335. The molecule has 0 aliphatic rings. The zero-order valence-corrected chi connectivity index (χ0v) is 11.5. The summed E-state index contributed by atoms with van der Waals surface area (Å²) in [6.45, 7) is 1.84. The number of sulfonamides is 1. The predicted molar refractivity (Wildman–Crippen MR) is 66.3 cm³/mol. The maximum atomic E-state index is 11.8. The predicted octanol–water partition coefficient (Wildman–Crippen LogP) is 0.864. The van der Waals surface area contributed by atoms with E-state index in [1.54, 1.807) is 11.8 Å². The zero-order chi connectivity index (χ0) is 12.8. The molecule has 16 heavy (non-hydrogen) atoms. The average molecular weight is 269 g/mol. The van der Waals surface area contributed by atoms with Crippen LogP contribution < -0.4 is 0 Å². The van der Waals surface area contributed by atoms with Crippen LogP contribution in [-0.2, 0) is 14.8 Å². The molecule has 0 spiro atoms. The normalized spacial score (nSPS) is 14.0. The molecule has 0 aromatic heterocycles. The Bertz CT molecular complexity index is 315. The molecule has 0 aliphatic carbocycles. The summed E-state index contributed by atoms with van der Waals surface area (Å²) >= 11 is 1.58. The highest BCUT2D eigenvalue weighted by Gasteiger charge is 2.22. The second-order valence-electron chi connectivity index (χ2n) is 3.63. The Morgan fingerprint density at radius 3 is 2.50 bits per heavy atom. The molecule has 1 N–H and O–H groups in total. The number of carbonyl (C=O) groups is 1. The summed E-state index contributed by atoms with van der Waals surface area (Å²) in [7, 11) is -1.78. The molecule has 0 heterocycles. The summed E-state index contributed by atoms with van der Waals surface area (Å²) < 4.78 is 24.8. The van der Waals surface area contributed by atoms with E-state index in [0.717, 1.165) is 5.75 Å². The van der Waals surface area contributed by atoms with E-state index < -0.39 is 16.0 Å². The van der Waals surface area contributed by atoms with Gasteiger partial charge < -0.3 is 5.11 Å². The van der Waals surface area contributed by atoms with Crippen molar-refractivity contribution in [2.45, 2.75) is 25.8 Å². The molecule has 0 aliphatic heterocycles. The summed E-state index contributed by atoms with van der Waals surface area (Å²) in [6, 6.07) is -0.0650. The second kappa shape index (κ2) is 7.13. The highest BCUT2D eigenvalue weighted by molar-refractivity contribution is 7.98. The highest BCUT2D eigenvalue weighted by atomic mass is 32.2. The number of nitrogens with zero attached hydrogens (tertiary/aromatic N) is 1. The molecule has 0 radical (unpaired) electrons. The van der Waals surface area contributed by atoms with Gasteiger partial charge in [0.15, 0.2) is 0 Å². The van der Waals surface area contributed by atoms with Crippen LogP contribution in [0, 0.1) is 0 Å². The van der Waals surface area contributed by atoms with Crippen molar-refractivity contribution in [2.75, 3.05) is 24.8 Å². The number of thioether (sulfide) groups is 1. The van der Waals surface area contributed by atoms with Gasteiger partial charge in [0.25, 0.3) is 0 Å². The van der Waals surface area contributed by atoms with Crippen molar-refractivity contribution >= 4 is 27.8 Å². The molecule has 5 nitrogen and oxygen atoms in total. The molecule has 0 aromatic rings. The third-order valence-electron chi connectivity index (χ3n) is 2.26. The Hall–Kier alpha value is -0.270. The van der Waals surface area contributed by atoms with Crippen molar-refractivity contribution in [2.24, 2.45) is 0 Å². The number of hydrogen-bond donors (Lipinski definition) is 1. The first-order valence-electron chi connectivity index (χ1n) is 4.97. The van der Waals surface area contributed by atoms with Gasteiger partial charge in [0.05, 0.1) is 5.75 Å². The topological polar surface area (TPSA) is 74.7 Å². The van der Waals surface area contributed by atoms with Gasteiger partial charge in [-0.1, -0.05) is 0 Å². The van der Waals surface area contributed by atoms with Crippen molar-refractivity contribution in [3.63, 3.8) is 0 Å². The van der Waals surface area contributed by atoms with Crippen LogP contribution >= 0.6 is 11.8 Å². The van der Waals surface area contributed by atoms with E-state index in [4.69, 9.17) is 5.11 Å².